The van der Waals surface area contributed by atoms with Crippen LogP contribution in [0.2, 0.25) is 0 Å². The van der Waals surface area contributed by atoms with Gasteiger partial charge in [0.2, 0.25) is 0 Å². The first-order valence-electron chi connectivity index (χ1n) is 7.32. The third kappa shape index (κ3) is 3.15. The van der Waals surface area contributed by atoms with Crippen LogP contribution in [-0.4, -0.2) is 31.6 Å². The molecule has 3 heteroatoms. The van der Waals surface area contributed by atoms with Gasteiger partial charge in [0.05, 0.1) is 0 Å². The number of hydrogen-bond donors (Lipinski definition) is 1. The molecule has 1 aliphatic rings. The lowest BCUT2D eigenvalue weighted by Gasteiger charge is -2.28. The Morgan fingerprint density at radius 3 is 2.84 bits per heavy atom. The molecule has 1 aromatic carbocycles. The minimum absolute atomic E-state index is 0.103. The first-order chi connectivity index (χ1) is 9.17. The molecule has 2 rings (SSSR count). The predicted octanol–water partition coefficient (Wildman–Crippen LogP) is 3.13. The maximum Gasteiger partial charge on any atom is 0.126 e. The number of nitrogens with one attached hydrogen (secondary N) is 1. The van der Waals surface area contributed by atoms with Crippen molar-refractivity contribution in [3.63, 3.8) is 0 Å². The molecule has 106 valence electrons. The molecule has 0 aromatic heterocycles. The van der Waals surface area contributed by atoms with Crippen molar-refractivity contribution in [2.45, 2.75) is 32.7 Å². The predicted molar refractivity (Wildman–Crippen MR) is 77.8 cm³/mol. The Balaban J connectivity index is 2.26. The summed E-state index contributed by atoms with van der Waals surface area (Å²) in [6.45, 7) is 7.38. The van der Waals surface area contributed by atoms with Gasteiger partial charge >= 0.3 is 0 Å². The van der Waals surface area contributed by atoms with Crippen LogP contribution < -0.4 is 5.32 Å². The summed E-state index contributed by atoms with van der Waals surface area (Å²) in [5.41, 5.74) is 2.02. The van der Waals surface area contributed by atoms with Crippen LogP contribution in [0.4, 0.5) is 4.39 Å². The number of aryl methyl sites for hydroxylation is 1. The summed E-state index contributed by atoms with van der Waals surface area (Å²) in [5, 5.41) is 3.30. The third-order valence-corrected chi connectivity index (χ3v) is 4.13. The largest absolute Gasteiger partial charge is 0.319 e. The second-order valence-corrected chi connectivity index (χ2v) is 5.60. The van der Waals surface area contributed by atoms with E-state index in [0.29, 0.717) is 12.0 Å². The van der Waals surface area contributed by atoms with Crippen LogP contribution in [0.5, 0.6) is 0 Å². The average Bonchev–Trinajstić information content (AvgIpc) is 2.77. The van der Waals surface area contributed by atoms with E-state index in [4.69, 9.17) is 0 Å². The van der Waals surface area contributed by atoms with Crippen LogP contribution in [0.3, 0.4) is 0 Å². The van der Waals surface area contributed by atoms with E-state index < -0.39 is 0 Å². The van der Waals surface area contributed by atoms with Crippen molar-refractivity contribution < 1.29 is 4.39 Å². The average molecular weight is 264 g/mol. The van der Waals surface area contributed by atoms with Crippen molar-refractivity contribution in [1.82, 2.24) is 10.2 Å². The molecule has 2 nitrogen and oxygen atoms in total. The molecule has 1 N–H and O–H groups in total. The van der Waals surface area contributed by atoms with Crippen LogP contribution in [-0.2, 0) is 0 Å². The molecule has 0 aliphatic carbocycles. The number of nitrogens with zero attached hydrogens (tertiary/aromatic N) is 1. The van der Waals surface area contributed by atoms with Crippen molar-refractivity contribution in [2.24, 2.45) is 5.92 Å². The Morgan fingerprint density at radius 2 is 2.21 bits per heavy atom. The summed E-state index contributed by atoms with van der Waals surface area (Å²) in [5.74, 6) is 0.523. The summed E-state index contributed by atoms with van der Waals surface area (Å²) in [6, 6.07) is 6.04. The Kier molecular flexibility index (Phi) is 4.94. The molecular formula is C16H25FN2. The maximum atomic E-state index is 13.5. The molecule has 19 heavy (non-hydrogen) atoms. The zero-order chi connectivity index (χ0) is 13.8. The molecule has 1 heterocycles. The minimum atomic E-state index is -0.103. The van der Waals surface area contributed by atoms with E-state index in [1.165, 1.54) is 18.4 Å². The van der Waals surface area contributed by atoms with E-state index >= 15 is 0 Å². The molecular weight excluding hydrogens is 239 g/mol. The molecule has 1 aliphatic heterocycles. The fourth-order valence-corrected chi connectivity index (χ4v) is 3.28. The maximum absolute atomic E-state index is 13.5. The number of benzene rings is 1. The van der Waals surface area contributed by atoms with Crippen LogP contribution >= 0.6 is 0 Å². The van der Waals surface area contributed by atoms with Crippen LogP contribution in [0.25, 0.3) is 0 Å². The molecule has 1 aromatic rings. The molecule has 0 saturated carbocycles. The van der Waals surface area contributed by atoms with E-state index in [9.17, 15) is 4.39 Å². The standard InChI is InChI=1S/C16H25FN2/c1-4-8-19-9-7-14(11-18-3)16(19)13-5-6-15(17)12(2)10-13/h5-6,10,14,16,18H,4,7-9,11H2,1-3H3. The van der Waals surface area contributed by atoms with Crippen LogP contribution in [0.1, 0.15) is 36.9 Å². The van der Waals surface area contributed by atoms with E-state index in [0.717, 1.165) is 25.2 Å². The fraction of sp³-hybridized carbons (Fsp3) is 0.625. The van der Waals surface area contributed by atoms with Crippen LogP contribution in [0, 0.1) is 18.7 Å². The van der Waals surface area contributed by atoms with Gasteiger partial charge in [-0.15, -0.1) is 0 Å². The van der Waals surface area contributed by atoms with Gasteiger partial charge in [0.15, 0.2) is 0 Å². The van der Waals surface area contributed by atoms with Gasteiger partial charge in [-0.25, -0.2) is 4.39 Å². The van der Waals surface area contributed by atoms with Gasteiger partial charge in [-0.1, -0.05) is 19.1 Å². The van der Waals surface area contributed by atoms with Crippen molar-refractivity contribution >= 4 is 0 Å². The van der Waals surface area contributed by atoms with Crippen LogP contribution in [0.15, 0.2) is 18.2 Å². The van der Waals surface area contributed by atoms with Crippen molar-refractivity contribution in [1.29, 1.82) is 0 Å². The van der Waals surface area contributed by atoms with E-state index in [2.05, 4.69) is 17.1 Å². The van der Waals surface area contributed by atoms with Crippen molar-refractivity contribution in [2.75, 3.05) is 26.7 Å². The topological polar surface area (TPSA) is 15.3 Å². The van der Waals surface area contributed by atoms with E-state index in [1.54, 1.807) is 6.07 Å². The monoisotopic (exact) mass is 264 g/mol. The summed E-state index contributed by atoms with van der Waals surface area (Å²) in [4.78, 5) is 2.55. The summed E-state index contributed by atoms with van der Waals surface area (Å²) >= 11 is 0. The first kappa shape index (κ1) is 14.5. The second kappa shape index (κ2) is 6.49. The highest BCUT2D eigenvalue weighted by Crippen LogP contribution is 2.37. The molecule has 2 atom stereocenters. The Morgan fingerprint density at radius 1 is 1.42 bits per heavy atom. The molecule has 1 fully saturated rings. The van der Waals surface area contributed by atoms with Gasteiger partial charge in [0.1, 0.15) is 5.82 Å². The highest BCUT2D eigenvalue weighted by molar-refractivity contribution is 5.28. The van der Waals surface area contributed by atoms with Gasteiger partial charge in [0.25, 0.3) is 0 Å². The normalized spacial score (nSPS) is 24.0. The lowest BCUT2D eigenvalue weighted by Crippen LogP contribution is -2.29. The Bertz CT molecular complexity index is 405. The zero-order valence-electron chi connectivity index (χ0n) is 12.2. The Hall–Kier alpha value is -0.930. The van der Waals surface area contributed by atoms with Gasteiger partial charge in [-0.2, -0.15) is 0 Å². The van der Waals surface area contributed by atoms with E-state index in [-0.39, 0.29) is 5.82 Å². The van der Waals surface area contributed by atoms with Gasteiger partial charge in [0, 0.05) is 6.04 Å². The second-order valence-electron chi connectivity index (χ2n) is 5.60. The molecule has 0 bridgehead atoms. The molecule has 0 radical (unpaired) electrons. The zero-order valence-corrected chi connectivity index (χ0v) is 12.2. The van der Waals surface area contributed by atoms with Gasteiger partial charge < -0.3 is 5.32 Å². The van der Waals surface area contributed by atoms with Gasteiger partial charge in [-0.05, 0) is 69.6 Å². The highest BCUT2D eigenvalue weighted by atomic mass is 19.1. The Labute approximate surface area is 116 Å². The molecule has 0 spiro atoms. The molecule has 1 saturated heterocycles. The summed E-state index contributed by atoms with van der Waals surface area (Å²) in [6.07, 6.45) is 2.39. The number of rotatable bonds is 5. The quantitative estimate of drug-likeness (QED) is 0.879. The summed E-state index contributed by atoms with van der Waals surface area (Å²) in [7, 11) is 2.01. The van der Waals surface area contributed by atoms with E-state index in [1.807, 2.05) is 26.1 Å². The third-order valence-electron chi connectivity index (χ3n) is 4.13. The van der Waals surface area contributed by atoms with Crippen molar-refractivity contribution in [3.8, 4) is 0 Å². The number of likely N-dealkylation sites (tertiary alicyclic amines) is 1. The number of halogens is 1. The molecule has 2 unspecified atom stereocenters. The highest BCUT2D eigenvalue weighted by Gasteiger charge is 2.34. The van der Waals surface area contributed by atoms with Gasteiger partial charge in [-0.3, -0.25) is 4.90 Å². The lowest BCUT2D eigenvalue weighted by molar-refractivity contribution is 0.227. The minimum Gasteiger partial charge on any atom is -0.319 e. The fourth-order valence-electron chi connectivity index (χ4n) is 3.28. The smallest absolute Gasteiger partial charge is 0.126 e. The lowest BCUT2D eigenvalue weighted by atomic mass is 9.92. The molecule has 0 amide bonds. The first-order valence-corrected chi connectivity index (χ1v) is 7.32. The summed E-state index contributed by atoms with van der Waals surface area (Å²) < 4.78 is 13.5. The SMILES string of the molecule is CCCN1CCC(CNC)C1c1ccc(F)c(C)c1. The number of hydrogen-bond acceptors (Lipinski definition) is 2. The van der Waals surface area contributed by atoms with Crippen molar-refractivity contribution in [3.05, 3.63) is 35.1 Å².